The monoisotopic (exact) mass is 482 g/mol. The first kappa shape index (κ1) is 23.5. The van der Waals surface area contributed by atoms with Crippen molar-refractivity contribution in [1.29, 1.82) is 0 Å². The maximum atomic E-state index is 13.1. The van der Waals surface area contributed by atoms with E-state index in [0.29, 0.717) is 29.4 Å². The summed E-state index contributed by atoms with van der Waals surface area (Å²) in [5.41, 5.74) is 3.16. The molecule has 2 amide bonds. The Kier molecular flexibility index (Phi) is 7.27. The van der Waals surface area contributed by atoms with Gasteiger partial charge >= 0.3 is 0 Å². The lowest BCUT2D eigenvalue weighted by Gasteiger charge is -2.13. The van der Waals surface area contributed by atoms with Gasteiger partial charge in [0.1, 0.15) is 29.6 Å². The molecule has 3 aromatic rings. The number of thioether (sulfide) groups is 1. The molecule has 0 spiro atoms. The van der Waals surface area contributed by atoms with Crippen molar-refractivity contribution < 1.29 is 23.8 Å². The number of hydrogen-bond donors (Lipinski definition) is 2. The standard InChI is InChI=1S/C24H26N4O5S/c1-31-17-6-4-15(5-7-17)11-25-22(29)12-28-23(20-13-34-14-21(20)27-28)26-24(30)16-8-18(32-2)10-19(9-16)33-3/h4-10H,11-14H2,1-3H3,(H,25,29)(H,26,30). The summed E-state index contributed by atoms with van der Waals surface area (Å²) in [5.74, 6) is 3.23. The van der Waals surface area contributed by atoms with Crippen LogP contribution in [0.5, 0.6) is 17.2 Å². The van der Waals surface area contributed by atoms with Gasteiger partial charge in [0.25, 0.3) is 5.91 Å². The zero-order valence-corrected chi connectivity index (χ0v) is 20.0. The van der Waals surface area contributed by atoms with E-state index in [1.54, 1.807) is 41.8 Å². The van der Waals surface area contributed by atoms with E-state index in [-0.39, 0.29) is 18.4 Å². The third kappa shape index (κ3) is 5.28. The lowest BCUT2D eigenvalue weighted by atomic mass is 10.2. The van der Waals surface area contributed by atoms with Crippen LogP contribution in [0, 0.1) is 0 Å². The molecule has 4 rings (SSSR count). The molecule has 9 nitrogen and oxygen atoms in total. The van der Waals surface area contributed by atoms with E-state index in [0.717, 1.165) is 34.1 Å². The van der Waals surface area contributed by atoms with Crippen molar-refractivity contribution in [3.63, 3.8) is 0 Å². The third-order valence-corrected chi connectivity index (χ3v) is 6.38. The summed E-state index contributed by atoms with van der Waals surface area (Å²) in [5, 5.41) is 10.4. The van der Waals surface area contributed by atoms with Crippen LogP contribution in [-0.4, -0.2) is 42.9 Å². The van der Waals surface area contributed by atoms with E-state index >= 15 is 0 Å². The smallest absolute Gasteiger partial charge is 0.257 e. The fourth-order valence-corrected chi connectivity index (χ4v) is 4.61. The number of nitrogens with zero attached hydrogens (tertiary/aromatic N) is 2. The van der Waals surface area contributed by atoms with Gasteiger partial charge in [0, 0.05) is 35.2 Å². The molecule has 1 aromatic heterocycles. The highest BCUT2D eigenvalue weighted by atomic mass is 32.2. The summed E-state index contributed by atoms with van der Waals surface area (Å²) in [6.07, 6.45) is 0. The van der Waals surface area contributed by atoms with E-state index in [4.69, 9.17) is 14.2 Å². The molecule has 34 heavy (non-hydrogen) atoms. The first-order chi connectivity index (χ1) is 16.5. The Morgan fingerprint density at radius 3 is 2.29 bits per heavy atom. The molecule has 10 heteroatoms. The van der Waals surface area contributed by atoms with E-state index in [9.17, 15) is 9.59 Å². The van der Waals surface area contributed by atoms with Crippen molar-refractivity contribution in [2.45, 2.75) is 24.6 Å². The number of benzene rings is 2. The summed E-state index contributed by atoms with van der Waals surface area (Å²) < 4.78 is 17.3. The Labute approximate surface area is 201 Å². The topological polar surface area (TPSA) is 104 Å². The molecular formula is C24H26N4O5S. The second kappa shape index (κ2) is 10.5. The number of methoxy groups -OCH3 is 3. The lowest BCUT2D eigenvalue weighted by molar-refractivity contribution is -0.122. The van der Waals surface area contributed by atoms with E-state index < -0.39 is 0 Å². The lowest BCUT2D eigenvalue weighted by Crippen LogP contribution is -2.28. The van der Waals surface area contributed by atoms with Gasteiger partial charge in [-0.3, -0.25) is 9.59 Å². The fraction of sp³-hybridized carbons (Fsp3) is 0.292. The van der Waals surface area contributed by atoms with E-state index in [1.807, 2.05) is 24.3 Å². The maximum absolute atomic E-state index is 13.1. The Morgan fingerprint density at radius 1 is 0.971 bits per heavy atom. The van der Waals surface area contributed by atoms with Crippen LogP contribution in [0.25, 0.3) is 0 Å². The third-order valence-electron chi connectivity index (χ3n) is 5.41. The molecule has 0 atom stereocenters. The number of nitrogens with one attached hydrogen (secondary N) is 2. The Bertz CT molecular complexity index is 1170. The zero-order valence-electron chi connectivity index (χ0n) is 19.2. The quantitative estimate of drug-likeness (QED) is 0.483. The van der Waals surface area contributed by atoms with Crippen LogP contribution in [0.4, 0.5) is 5.82 Å². The van der Waals surface area contributed by atoms with Crippen molar-refractivity contribution in [2.75, 3.05) is 26.6 Å². The summed E-state index contributed by atoms with van der Waals surface area (Å²) in [6, 6.07) is 12.4. The van der Waals surface area contributed by atoms with Gasteiger partial charge in [0.05, 0.1) is 27.0 Å². The predicted octanol–water partition coefficient (Wildman–Crippen LogP) is 3.22. The summed E-state index contributed by atoms with van der Waals surface area (Å²) >= 11 is 1.72. The van der Waals surface area contributed by atoms with Crippen molar-refractivity contribution in [1.82, 2.24) is 15.1 Å². The molecule has 2 aromatic carbocycles. The second-order valence-electron chi connectivity index (χ2n) is 7.60. The molecule has 0 saturated heterocycles. The van der Waals surface area contributed by atoms with Gasteiger partial charge < -0.3 is 24.8 Å². The minimum absolute atomic E-state index is 0.00906. The number of fused-ring (bicyclic) bond motifs is 1. The number of hydrogen-bond acceptors (Lipinski definition) is 7. The number of aromatic nitrogens is 2. The van der Waals surface area contributed by atoms with Crippen molar-refractivity contribution in [2.24, 2.45) is 0 Å². The minimum atomic E-state index is -0.336. The number of anilines is 1. The Morgan fingerprint density at radius 2 is 1.65 bits per heavy atom. The van der Waals surface area contributed by atoms with E-state index in [1.165, 1.54) is 14.2 Å². The number of amides is 2. The molecule has 178 valence electrons. The van der Waals surface area contributed by atoms with Crippen molar-refractivity contribution in [3.05, 3.63) is 64.8 Å². The van der Waals surface area contributed by atoms with Crippen LogP contribution in [-0.2, 0) is 29.4 Å². The van der Waals surface area contributed by atoms with Crippen LogP contribution >= 0.6 is 11.8 Å². The van der Waals surface area contributed by atoms with Gasteiger partial charge in [-0.1, -0.05) is 12.1 Å². The fourth-order valence-electron chi connectivity index (χ4n) is 3.57. The van der Waals surface area contributed by atoms with Gasteiger partial charge in [-0.05, 0) is 29.8 Å². The molecule has 2 heterocycles. The molecular weight excluding hydrogens is 456 g/mol. The highest BCUT2D eigenvalue weighted by Gasteiger charge is 2.25. The summed E-state index contributed by atoms with van der Waals surface area (Å²) in [6.45, 7) is 0.371. The number of ether oxygens (including phenoxy) is 3. The highest BCUT2D eigenvalue weighted by Crippen LogP contribution is 2.35. The SMILES string of the molecule is COc1ccc(CNC(=O)Cn2nc3c(c2NC(=O)c2cc(OC)cc(OC)c2)CSC3)cc1. The first-order valence-corrected chi connectivity index (χ1v) is 11.8. The van der Waals surface area contributed by atoms with Crippen molar-refractivity contribution >= 4 is 29.4 Å². The second-order valence-corrected chi connectivity index (χ2v) is 8.59. The van der Waals surface area contributed by atoms with Gasteiger partial charge in [0.15, 0.2) is 0 Å². The van der Waals surface area contributed by atoms with Crippen LogP contribution in [0.2, 0.25) is 0 Å². The predicted molar refractivity (Wildman–Crippen MR) is 130 cm³/mol. The van der Waals surface area contributed by atoms with Crippen molar-refractivity contribution in [3.8, 4) is 17.2 Å². The van der Waals surface area contributed by atoms with Gasteiger partial charge in [-0.15, -0.1) is 0 Å². The van der Waals surface area contributed by atoms with Crippen LogP contribution in [0.3, 0.4) is 0 Å². The van der Waals surface area contributed by atoms with Crippen LogP contribution in [0.1, 0.15) is 27.2 Å². The Hall–Kier alpha value is -3.66. The van der Waals surface area contributed by atoms with Gasteiger partial charge in [-0.25, -0.2) is 4.68 Å². The molecule has 0 bridgehead atoms. The Balaban J connectivity index is 1.48. The number of rotatable bonds is 9. The molecule has 2 N–H and O–H groups in total. The molecule has 0 fully saturated rings. The number of carbonyl (C=O) groups is 2. The average molecular weight is 483 g/mol. The number of carbonyl (C=O) groups excluding carboxylic acids is 2. The molecule has 0 aliphatic carbocycles. The average Bonchev–Trinajstić information content (AvgIpc) is 3.44. The van der Waals surface area contributed by atoms with Gasteiger partial charge in [0.2, 0.25) is 5.91 Å². The summed E-state index contributed by atoms with van der Waals surface area (Å²) in [4.78, 5) is 25.7. The normalized spacial score (nSPS) is 12.1. The molecule has 1 aliphatic heterocycles. The van der Waals surface area contributed by atoms with E-state index in [2.05, 4.69) is 15.7 Å². The molecule has 0 radical (unpaired) electrons. The minimum Gasteiger partial charge on any atom is -0.497 e. The van der Waals surface area contributed by atoms with Crippen LogP contribution < -0.4 is 24.8 Å². The molecule has 1 aliphatic rings. The highest BCUT2D eigenvalue weighted by molar-refractivity contribution is 7.98. The molecule has 0 saturated carbocycles. The zero-order chi connectivity index (χ0) is 24.1. The summed E-state index contributed by atoms with van der Waals surface area (Å²) in [7, 11) is 4.66. The maximum Gasteiger partial charge on any atom is 0.257 e. The largest absolute Gasteiger partial charge is 0.497 e. The van der Waals surface area contributed by atoms with Gasteiger partial charge in [-0.2, -0.15) is 16.9 Å². The van der Waals surface area contributed by atoms with Crippen LogP contribution in [0.15, 0.2) is 42.5 Å². The first-order valence-electron chi connectivity index (χ1n) is 10.6. The molecule has 0 unspecified atom stereocenters.